The Kier molecular flexibility index (Phi) is 5.09. The molecule has 2 nitrogen and oxygen atoms in total. The molecule has 2 aromatic carbocycles. The highest BCUT2D eigenvalue weighted by Crippen LogP contribution is 2.35. The molecule has 0 aliphatic rings. The van der Waals surface area contributed by atoms with E-state index in [0.717, 1.165) is 15.5 Å². The van der Waals surface area contributed by atoms with Gasteiger partial charge in [-0.05, 0) is 42.2 Å². The van der Waals surface area contributed by atoms with Crippen LogP contribution in [0.2, 0.25) is 0 Å². The maximum Gasteiger partial charge on any atom is 0.337 e. The fourth-order valence-electron chi connectivity index (χ4n) is 1.71. The zero-order valence-electron chi connectivity index (χ0n) is 10.8. The summed E-state index contributed by atoms with van der Waals surface area (Å²) < 4.78 is 12.9. The summed E-state index contributed by atoms with van der Waals surface area (Å²) in [4.78, 5) is 13.7. The predicted octanol–water partition coefficient (Wildman–Crippen LogP) is 4.79. The third-order valence-corrected chi connectivity index (χ3v) is 4.55. The molecule has 0 spiro atoms. The topological polar surface area (TPSA) is 37.3 Å². The van der Waals surface area contributed by atoms with E-state index < -0.39 is 5.97 Å². The molecule has 0 fully saturated rings. The monoisotopic (exact) mass is 308 g/mol. The number of halogens is 1. The van der Waals surface area contributed by atoms with Crippen molar-refractivity contribution < 1.29 is 14.3 Å². The van der Waals surface area contributed by atoms with Gasteiger partial charge in [0.25, 0.3) is 0 Å². The van der Waals surface area contributed by atoms with Crippen LogP contribution in [0.1, 0.15) is 17.3 Å². The summed E-state index contributed by atoms with van der Waals surface area (Å²) in [5.74, 6) is -0.431. The van der Waals surface area contributed by atoms with Crippen LogP contribution in [-0.2, 0) is 0 Å². The van der Waals surface area contributed by atoms with Gasteiger partial charge in [0.1, 0.15) is 5.82 Å². The lowest BCUT2D eigenvalue weighted by molar-refractivity contribution is 0.0689. The molecule has 0 saturated carbocycles. The van der Waals surface area contributed by atoms with Crippen LogP contribution < -0.4 is 0 Å². The summed E-state index contributed by atoms with van der Waals surface area (Å²) in [6, 6.07) is 11.5. The lowest BCUT2D eigenvalue weighted by atomic mass is 10.2. The van der Waals surface area contributed by atoms with E-state index >= 15 is 0 Å². The second-order valence-electron chi connectivity index (χ2n) is 3.92. The quantitative estimate of drug-likeness (QED) is 0.806. The number of carbonyl (C=O) groups is 1. The molecule has 2 aromatic rings. The van der Waals surface area contributed by atoms with Crippen molar-refractivity contribution in [1.82, 2.24) is 0 Å². The highest BCUT2D eigenvalue weighted by Gasteiger charge is 2.16. The van der Waals surface area contributed by atoms with E-state index in [9.17, 15) is 14.3 Å². The Hall–Kier alpha value is -1.46. The minimum atomic E-state index is -0.939. The molecule has 0 aliphatic heterocycles. The van der Waals surface area contributed by atoms with Crippen molar-refractivity contribution in [1.29, 1.82) is 0 Å². The van der Waals surface area contributed by atoms with Gasteiger partial charge in [0, 0.05) is 14.7 Å². The second-order valence-corrected chi connectivity index (χ2v) is 6.34. The van der Waals surface area contributed by atoms with E-state index in [4.69, 9.17) is 0 Å². The molecule has 104 valence electrons. The van der Waals surface area contributed by atoms with Gasteiger partial charge in [0.05, 0.1) is 5.56 Å². The number of aromatic carboxylic acids is 1. The van der Waals surface area contributed by atoms with E-state index in [1.807, 2.05) is 19.1 Å². The third kappa shape index (κ3) is 3.55. The predicted molar refractivity (Wildman–Crippen MR) is 80.3 cm³/mol. The Morgan fingerprint density at radius 1 is 1.15 bits per heavy atom. The van der Waals surface area contributed by atoms with Crippen molar-refractivity contribution in [2.75, 3.05) is 5.75 Å². The van der Waals surface area contributed by atoms with E-state index in [1.165, 1.54) is 35.7 Å². The van der Waals surface area contributed by atoms with Crippen LogP contribution in [0, 0.1) is 5.82 Å². The van der Waals surface area contributed by atoms with Gasteiger partial charge in [-0.25, -0.2) is 9.18 Å². The first-order valence-corrected chi connectivity index (χ1v) is 7.84. The second kappa shape index (κ2) is 6.81. The number of rotatable bonds is 5. The van der Waals surface area contributed by atoms with Gasteiger partial charge in [-0.1, -0.05) is 24.8 Å². The molecule has 0 radical (unpaired) electrons. The average molecular weight is 308 g/mol. The lowest BCUT2D eigenvalue weighted by Crippen LogP contribution is -2.01. The zero-order valence-corrected chi connectivity index (χ0v) is 12.4. The van der Waals surface area contributed by atoms with Crippen molar-refractivity contribution >= 4 is 29.5 Å². The lowest BCUT2D eigenvalue weighted by Gasteiger charge is -2.10. The van der Waals surface area contributed by atoms with E-state index in [1.54, 1.807) is 18.2 Å². The minimum absolute atomic E-state index is 0.303. The molecule has 0 heterocycles. The minimum Gasteiger partial charge on any atom is -0.478 e. The summed E-state index contributed by atoms with van der Waals surface area (Å²) in [7, 11) is 0. The number of hydrogen-bond donors (Lipinski definition) is 1. The van der Waals surface area contributed by atoms with Gasteiger partial charge in [0.15, 0.2) is 0 Å². The first-order chi connectivity index (χ1) is 9.61. The molecule has 0 aromatic heterocycles. The third-order valence-electron chi connectivity index (χ3n) is 2.54. The highest BCUT2D eigenvalue weighted by molar-refractivity contribution is 8.00. The van der Waals surface area contributed by atoms with Crippen LogP contribution in [0.3, 0.4) is 0 Å². The molecular weight excluding hydrogens is 295 g/mol. The van der Waals surface area contributed by atoms with Gasteiger partial charge in [-0.15, -0.1) is 11.8 Å². The molecule has 0 bridgehead atoms. The van der Waals surface area contributed by atoms with Crippen LogP contribution in [0.25, 0.3) is 0 Å². The number of thioether (sulfide) groups is 1. The fraction of sp³-hybridized carbons (Fsp3) is 0.133. The Labute approximate surface area is 125 Å². The van der Waals surface area contributed by atoms with Crippen LogP contribution in [0.15, 0.2) is 57.2 Å². The van der Waals surface area contributed by atoms with Crippen molar-refractivity contribution in [3.63, 3.8) is 0 Å². The number of hydrogen-bond acceptors (Lipinski definition) is 3. The molecular formula is C15H13FO2S2. The van der Waals surface area contributed by atoms with Crippen LogP contribution in [-0.4, -0.2) is 16.8 Å². The smallest absolute Gasteiger partial charge is 0.337 e. The fourth-order valence-corrected chi connectivity index (χ4v) is 3.58. The number of carboxylic acid groups (broad SMARTS) is 1. The van der Waals surface area contributed by atoms with Gasteiger partial charge in [-0.2, -0.15) is 0 Å². The first-order valence-electron chi connectivity index (χ1n) is 6.04. The van der Waals surface area contributed by atoms with Crippen LogP contribution in [0.5, 0.6) is 0 Å². The average Bonchev–Trinajstić information content (AvgIpc) is 2.41. The number of benzene rings is 2. The largest absolute Gasteiger partial charge is 0.478 e. The zero-order chi connectivity index (χ0) is 14.5. The first kappa shape index (κ1) is 14.9. The Bertz CT molecular complexity index is 612. The van der Waals surface area contributed by atoms with Gasteiger partial charge in [-0.3, -0.25) is 0 Å². The molecule has 20 heavy (non-hydrogen) atoms. The van der Waals surface area contributed by atoms with E-state index in [0.29, 0.717) is 10.5 Å². The van der Waals surface area contributed by atoms with E-state index in [2.05, 4.69) is 0 Å². The molecule has 0 amide bonds. The Morgan fingerprint density at radius 3 is 2.40 bits per heavy atom. The Morgan fingerprint density at radius 2 is 1.80 bits per heavy atom. The molecule has 5 heteroatoms. The summed E-state index contributed by atoms with van der Waals surface area (Å²) in [5.41, 5.74) is 0.314. The molecule has 0 saturated heterocycles. The molecule has 0 unspecified atom stereocenters. The number of carboxylic acids is 1. The van der Waals surface area contributed by atoms with Gasteiger partial charge < -0.3 is 5.11 Å². The summed E-state index contributed by atoms with van der Waals surface area (Å²) in [6.07, 6.45) is 0. The van der Waals surface area contributed by atoms with E-state index in [-0.39, 0.29) is 5.82 Å². The van der Waals surface area contributed by atoms with Gasteiger partial charge in [0.2, 0.25) is 0 Å². The van der Waals surface area contributed by atoms with Gasteiger partial charge >= 0.3 is 5.97 Å². The molecule has 0 atom stereocenters. The maximum absolute atomic E-state index is 12.9. The summed E-state index contributed by atoms with van der Waals surface area (Å²) in [6.45, 7) is 1.98. The molecule has 2 rings (SSSR count). The normalized spacial score (nSPS) is 10.5. The maximum atomic E-state index is 12.9. The highest BCUT2D eigenvalue weighted by atomic mass is 32.2. The molecule has 1 N–H and O–H groups in total. The summed E-state index contributed by atoms with van der Waals surface area (Å²) in [5, 5.41) is 9.41. The van der Waals surface area contributed by atoms with Crippen molar-refractivity contribution in [2.45, 2.75) is 21.6 Å². The van der Waals surface area contributed by atoms with Crippen LogP contribution in [0.4, 0.5) is 4.39 Å². The standard InChI is InChI=1S/C15H13FO2S2/c1-2-19-12-4-3-5-13(14(12)15(17)18)20-11-8-6-10(16)7-9-11/h3-9H,2H2,1H3,(H,17,18). The van der Waals surface area contributed by atoms with Crippen molar-refractivity contribution in [3.8, 4) is 0 Å². The molecule has 0 aliphatic carbocycles. The van der Waals surface area contributed by atoms with Crippen molar-refractivity contribution in [2.24, 2.45) is 0 Å². The SMILES string of the molecule is CCSc1cccc(Sc2ccc(F)cc2)c1C(=O)O. The Balaban J connectivity index is 2.37. The van der Waals surface area contributed by atoms with Crippen molar-refractivity contribution in [3.05, 3.63) is 53.8 Å². The van der Waals surface area contributed by atoms with Crippen LogP contribution >= 0.6 is 23.5 Å². The summed E-state index contributed by atoms with van der Waals surface area (Å²) >= 11 is 2.83.